The SMILES string of the molecule is COc1ccccc1CC(C(=O)O)c1ncccn1. The number of hydrogen-bond donors (Lipinski definition) is 1. The molecule has 1 aromatic heterocycles. The first-order valence-electron chi connectivity index (χ1n) is 5.84. The summed E-state index contributed by atoms with van der Waals surface area (Å²) in [5.41, 5.74) is 0.824. The normalized spacial score (nSPS) is 11.8. The van der Waals surface area contributed by atoms with Gasteiger partial charge in [0.2, 0.25) is 0 Å². The van der Waals surface area contributed by atoms with Crippen LogP contribution in [-0.4, -0.2) is 28.2 Å². The molecule has 19 heavy (non-hydrogen) atoms. The molecule has 0 fully saturated rings. The van der Waals surface area contributed by atoms with Gasteiger partial charge in [0.05, 0.1) is 7.11 Å². The molecule has 0 saturated heterocycles. The van der Waals surface area contributed by atoms with E-state index in [1.807, 2.05) is 18.2 Å². The van der Waals surface area contributed by atoms with Crippen molar-refractivity contribution in [1.82, 2.24) is 9.97 Å². The Kier molecular flexibility index (Phi) is 4.07. The zero-order chi connectivity index (χ0) is 13.7. The summed E-state index contributed by atoms with van der Waals surface area (Å²) < 4.78 is 5.23. The van der Waals surface area contributed by atoms with E-state index in [-0.39, 0.29) is 0 Å². The Morgan fingerprint density at radius 1 is 1.26 bits per heavy atom. The molecular formula is C14H14N2O3. The number of hydrogen-bond acceptors (Lipinski definition) is 4. The van der Waals surface area contributed by atoms with Crippen molar-refractivity contribution >= 4 is 5.97 Å². The van der Waals surface area contributed by atoms with Crippen molar-refractivity contribution in [3.8, 4) is 5.75 Å². The van der Waals surface area contributed by atoms with E-state index in [9.17, 15) is 9.90 Å². The van der Waals surface area contributed by atoms with Crippen LogP contribution in [0.3, 0.4) is 0 Å². The predicted molar refractivity (Wildman–Crippen MR) is 69.1 cm³/mol. The van der Waals surface area contributed by atoms with Gasteiger partial charge in [-0.05, 0) is 24.1 Å². The third-order valence-corrected chi connectivity index (χ3v) is 2.81. The van der Waals surface area contributed by atoms with Crippen LogP contribution in [0.25, 0.3) is 0 Å². The van der Waals surface area contributed by atoms with Gasteiger partial charge in [-0.15, -0.1) is 0 Å². The van der Waals surface area contributed by atoms with Crippen LogP contribution in [0.4, 0.5) is 0 Å². The molecule has 0 aliphatic carbocycles. The molecule has 0 spiro atoms. The summed E-state index contributed by atoms with van der Waals surface area (Å²) in [6.45, 7) is 0. The fourth-order valence-corrected chi connectivity index (χ4v) is 1.87. The van der Waals surface area contributed by atoms with Gasteiger partial charge in [-0.2, -0.15) is 0 Å². The van der Waals surface area contributed by atoms with Gasteiger partial charge in [-0.1, -0.05) is 18.2 Å². The molecule has 0 radical (unpaired) electrons. The molecule has 98 valence electrons. The number of methoxy groups -OCH3 is 1. The number of aromatic nitrogens is 2. The molecule has 1 unspecified atom stereocenters. The highest BCUT2D eigenvalue weighted by atomic mass is 16.5. The van der Waals surface area contributed by atoms with Crippen molar-refractivity contribution in [2.24, 2.45) is 0 Å². The standard InChI is InChI=1S/C14H14N2O3/c1-19-12-6-3-2-5-10(12)9-11(14(17)18)13-15-7-4-8-16-13/h2-8,11H,9H2,1H3,(H,17,18). The summed E-state index contributed by atoms with van der Waals surface area (Å²) in [5.74, 6) is -0.750. The Morgan fingerprint density at radius 3 is 2.58 bits per heavy atom. The van der Waals surface area contributed by atoms with E-state index in [0.29, 0.717) is 18.0 Å². The van der Waals surface area contributed by atoms with Crippen LogP contribution in [0.5, 0.6) is 5.75 Å². The maximum atomic E-state index is 11.4. The summed E-state index contributed by atoms with van der Waals surface area (Å²) in [5, 5.41) is 9.33. The summed E-state index contributed by atoms with van der Waals surface area (Å²) >= 11 is 0. The third-order valence-electron chi connectivity index (χ3n) is 2.81. The summed E-state index contributed by atoms with van der Waals surface area (Å²) in [6, 6.07) is 9.00. The topological polar surface area (TPSA) is 72.3 Å². The molecule has 5 nitrogen and oxygen atoms in total. The lowest BCUT2D eigenvalue weighted by Crippen LogP contribution is -2.17. The highest BCUT2D eigenvalue weighted by Crippen LogP contribution is 2.24. The van der Waals surface area contributed by atoms with Crippen molar-refractivity contribution in [2.75, 3.05) is 7.11 Å². The molecule has 0 aliphatic heterocycles. The van der Waals surface area contributed by atoms with Crippen LogP contribution in [-0.2, 0) is 11.2 Å². The number of para-hydroxylation sites is 1. The second-order valence-electron chi connectivity index (χ2n) is 4.01. The second-order valence-corrected chi connectivity index (χ2v) is 4.01. The Labute approximate surface area is 110 Å². The quantitative estimate of drug-likeness (QED) is 0.886. The first kappa shape index (κ1) is 13.0. The van der Waals surface area contributed by atoms with Crippen LogP contribution < -0.4 is 4.74 Å². The molecule has 0 saturated carbocycles. The van der Waals surface area contributed by atoms with Crippen LogP contribution in [0.2, 0.25) is 0 Å². The minimum atomic E-state index is -0.947. The average Bonchev–Trinajstić information content (AvgIpc) is 2.45. The molecule has 1 aromatic carbocycles. The second kappa shape index (κ2) is 5.95. The molecule has 1 atom stereocenters. The first-order chi connectivity index (χ1) is 9.22. The fourth-order valence-electron chi connectivity index (χ4n) is 1.87. The predicted octanol–water partition coefficient (Wildman–Crippen LogP) is 1.90. The third kappa shape index (κ3) is 3.07. The molecule has 2 aromatic rings. The van der Waals surface area contributed by atoms with Gasteiger partial charge in [0.25, 0.3) is 0 Å². The number of carboxylic acids is 1. The molecule has 0 bridgehead atoms. The monoisotopic (exact) mass is 258 g/mol. The smallest absolute Gasteiger partial charge is 0.314 e. The molecule has 0 aliphatic rings. The molecule has 5 heteroatoms. The first-order valence-corrected chi connectivity index (χ1v) is 5.84. The Morgan fingerprint density at radius 2 is 1.95 bits per heavy atom. The van der Waals surface area contributed by atoms with Gasteiger partial charge in [-0.25, -0.2) is 9.97 Å². The maximum Gasteiger partial charge on any atom is 0.314 e. The molecular weight excluding hydrogens is 244 g/mol. The number of carboxylic acid groups (broad SMARTS) is 1. The lowest BCUT2D eigenvalue weighted by Gasteiger charge is -2.13. The van der Waals surface area contributed by atoms with E-state index < -0.39 is 11.9 Å². The largest absolute Gasteiger partial charge is 0.496 e. The van der Waals surface area contributed by atoms with Crippen molar-refractivity contribution < 1.29 is 14.6 Å². The Bertz CT molecular complexity index is 558. The number of nitrogens with zero attached hydrogens (tertiary/aromatic N) is 2. The number of rotatable bonds is 5. The lowest BCUT2D eigenvalue weighted by molar-refractivity contribution is -0.139. The van der Waals surface area contributed by atoms with E-state index in [0.717, 1.165) is 5.56 Å². The molecule has 1 heterocycles. The molecule has 2 rings (SSSR count). The minimum absolute atomic E-state index is 0.295. The van der Waals surface area contributed by atoms with Gasteiger partial charge in [0.15, 0.2) is 0 Å². The van der Waals surface area contributed by atoms with Gasteiger partial charge in [0.1, 0.15) is 17.5 Å². The molecule has 1 N–H and O–H groups in total. The van der Waals surface area contributed by atoms with Crippen molar-refractivity contribution in [2.45, 2.75) is 12.3 Å². The minimum Gasteiger partial charge on any atom is -0.496 e. The van der Waals surface area contributed by atoms with E-state index in [4.69, 9.17) is 4.74 Å². The Balaban J connectivity index is 2.30. The molecule has 0 amide bonds. The van der Waals surface area contributed by atoms with E-state index in [1.165, 1.54) is 0 Å². The van der Waals surface area contributed by atoms with Crippen LogP contribution >= 0.6 is 0 Å². The summed E-state index contributed by atoms with van der Waals surface area (Å²) in [7, 11) is 1.56. The van der Waals surface area contributed by atoms with Crippen LogP contribution in [0.1, 0.15) is 17.3 Å². The zero-order valence-corrected chi connectivity index (χ0v) is 10.5. The lowest BCUT2D eigenvalue weighted by atomic mass is 9.98. The number of ether oxygens (including phenoxy) is 1. The number of benzene rings is 1. The summed E-state index contributed by atoms with van der Waals surface area (Å²) in [6.07, 6.45) is 3.38. The van der Waals surface area contributed by atoms with Crippen molar-refractivity contribution in [3.63, 3.8) is 0 Å². The average molecular weight is 258 g/mol. The summed E-state index contributed by atoms with van der Waals surface area (Å²) in [4.78, 5) is 19.4. The highest BCUT2D eigenvalue weighted by Gasteiger charge is 2.24. The maximum absolute atomic E-state index is 11.4. The van der Waals surface area contributed by atoms with Gasteiger partial charge in [-0.3, -0.25) is 4.79 Å². The van der Waals surface area contributed by atoms with Gasteiger partial charge >= 0.3 is 5.97 Å². The van der Waals surface area contributed by atoms with Gasteiger partial charge < -0.3 is 9.84 Å². The van der Waals surface area contributed by atoms with Crippen LogP contribution in [0.15, 0.2) is 42.7 Å². The van der Waals surface area contributed by atoms with Crippen LogP contribution in [0, 0.1) is 0 Å². The van der Waals surface area contributed by atoms with Crippen molar-refractivity contribution in [1.29, 1.82) is 0 Å². The van der Waals surface area contributed by atoms with E-state index >= 15 is 0 Å². The highest BCUT2D eigenvalue weighted by molar-refractivity contribution is 5.75. The van der Waals surface area contributed by atoms with Crippen molar-refractivity contribution in [3.05, 3.63) is 54.1 Å². The van der Waals surface area contributed by atoms with E-state index in [2.05, 4.69) is 9.97 Å². The number of carbonyl (C=O) groups is 1. The van der Waals surface area contributed by atoms with Gasteiger partial charge in [0, 0.05) is 12.4 Å². The Hall–Kier alpha value is -2.43. The van der Waals surface area contributed by atoms with E-state index in [1.54, 1.807) is 31.6 Å². The zero-order valence-electron chi connectivity index (χ0n) is 10.5. The fraction of sp³-hybridized carbons (Fsp3) is 0.214. The number of aliphatic carboxylic acids is 1.